The standard InChI is InChI=1S/C27H24N6O2S/c1-35-22-14-8-11-20(17-22)18-23(34)28-27-29-24(21-12-6-3-7-13-21)25(36-27)26-30-32-33(31-26)16-15-19-9-4-2-5-10-19/h2-14,17H,15-16,18H2,1H3,(H,28,29,34). The van der Waals surface area contributed by atoms with Crippen LogP contribution in [0.15, 0.2) is 84.9 Å². The molecule has 3 aromatic carbocycles. The van der Waals surface area contributed by atoms with Crippen molar-refractivity contribution in [3.8, 4) is 27.7 Å². The molecule has 0 bridgehead atoms. The molecule has 1 N–H and O–H groups in total. The molecule has 0 aliphatic rings. The maximum Gasteiger partial charge on any atom is 0.230 e. The van der Waals surface area contributed by atoms with E-state index in [2.05, 4.69) is 32.9 Å². The lowest BCUT2D eigenvalue weighted by Crippen LogP contribution is -2.14. The van der Waals surface area contributed by atoms with E-state index in [-0.39, 0.29) is 12.3 Å². The van der Waals surface area contributed by atoms with E-state index in [1.807, 2.05) is 72.8 Å². The average Bonchev–Trinajstić information content (AvgIpc) is 3.56. The van der Waals surface area contributed by atoms with Crippen molar-refractivity contribution in [2.45, 2.75) is 19.4 Å². The van der Waals surface area contributed by atoms with Gasteiger partial charge >= 0.3 is 0 Å². The number of rotatable bonds is 9. The minimum absolute atomic E-state index is 0.164. The van der Waals surface area contributed by atoms with Crippen LogP contribution in [0.25, 0.3) is 22.0 Å². The fourth-order valence-electron chi connectivity index (χ4n) is 3.75. The van der Waals surface area contributed by atoms with Crippen LogP contribution in [0.1, 0.15) is 11.1 Å². The highest BCUT2D eigenvalue weighted by Crippen LogP contribution is 2.37. The van der Waals surface area contributed by atoms with Crippen LogP contribution in [0, 0.1) is 0 Å². The number of carbonyl (C=O) groups excluding carboxylic acids is 1. The molecular formula is C27H24N6O2S. The van der Waals surface area contributed by atoms with Gasteiger partial charge in [0.15, 0.2) is 5.13 Å². The van der Waals surface area contributed by atoms with Gasteiger partial charge in [0.25, 0.3) is 0 Å². The number of methoxy groups -OCH3 is 1. The molecule has 5 aromatic rings. The van der Waals surface area contributed by atoms with Crippen molar-refractivity contribution in [3.05, 3.63) is 96.1 Å². The highest BCUT2D eigenvalue weighted by atomic mass is 32.1. The molecule has 36 heavy (non-hydrogen) atoms. The lowest BCUT2D eigenvalue weighted by molar-refractivity contribution is -0.115. The zero-order valence-electron chi connectivity index (χ0n) is 19.7. The topological polar surface area (TPSA) is 94.8 Å². The summed E-state index contributed by atoms with van der Waals surface area (Å²) in [4.78, 5) is 19.8. The number of anilines is 1. The molecule has 0 fully saturated rings. The second-order valence-electron chi connectivity index (χ2n) is 8.08. The summed E-state index contributed by atoms with van der Waals surface area (Å²) in [6, 6.07) is 27.4. The van der Waals surface area contributed by atoms with Gasteiger partial charge in [-0.05, 0) is 34.9 Å². The Morgan fingerprint density at radius 1 is 0.972 bits per heavy atom. The zero-order chi connectivity index (χ0) is 24.7. The van der Waals surface area contributed by atoms with Gasteiger partial charge in [-0.25, -0.2) is 4.98 Å². The summed E-state index contributed by atoms with van der Waals surface area (Å²) in [5.41, 5.74) is 3.69. The van der Waals surface area contributed by atoms with E-state index in [0.717, 1.165) is 22.4 Å². The first-order chi connectivity index (χ1) is 17.7. The molecular weight excluding hydrogens is 472 g/mol. The van der Waals surface area contributed by atoms with E-state index in [9.17, 15) is 4.79 Å². The molecule has 0 aliphatic heterocycles. The molecule has 180 valence electrons. The number of nitrogens with one attached hydrogen (secondary N) is 1. The minimum Gasteiger partial charge on any atom is -0.497 e. The lowest BCUT2D eigenvalue weighted by Gasteiger charge is -2.04. The molecule has 0 spiro atoms. The van der Waals surface area contributed by atoms with Crippen LogP contribution < -0.4 is 10.1 Å². The number of tetrazole rings is 1. The van der Waals surface area contributed by atoms with Gasteiger partial charge in [-0.15, -0.1) is 10.2 Å². The maximum absolute atomic E-state index is 12.8. The minimum atomic E-state index is -0.164. The van der Waals surface area contributed by atoms with Crippen LogP contribution >= 0.6 is 11.3 Å². The fourth-order valence-corrected chi connectivity index (χ4v) is 4.68. The summed E-state index contributed by atoms with van der Waals surface area (Å²) in [5, 5.41) is 16.5. The van der Waals surface area contributed by atoms with Gasteiger partial charge in [0.2, 0.25) is 11.7 Å². The van der Waals surface area contributed by atoms with Crippen molar-refractivity contribution in [3.63, 3.8) is 0 Å². The SMILES string of the molecule is COc1cccc(CC(=O)Nc2nc(-c3ccccc3)c(-c3nnn(CCc4ccccc4)n3)s2)c1. The Labute approximate surface area is 212 Å². The van der Waals surface area contributed by atoms with Crippen LogP contribution in [0.4, 0.5) is 5.13 Å². The number of thiazole rings is 1. The third kappa shape index (κ3) is 5.64. The molecule has 0 atom stereocenters. The normalized spacial score (nSPS) is 10.8. The third-order valence-corrected chi connectivity index (χ3v) is 6.49. The summed E-state index contributed by atoms with van der Waals surface area (Å²) in [5.74, 6) is 1.03. The number of benzene rings is 3. The highest BCUT2D eigenvalue weighted by molar-refractivity contribution is 7.19. The number of nitrogens with zero attached hydrogens (tertiary/aromatic N) is 5. The van der Waals surface area contributed by atoms with E-state index >= 15 is 0 Å². The van der Waals surface area contributed by atoms with Gasteiger partial charge < -0.3 is 10.1 Å². The van der Waals surface area contributed by atoms with Crippen molar-refractivity contribution in [2.75, 3.05) is 12.4 Å². The van der Waals surface area contributed by atoms with Crippen LogP contribution in [0.5, 0.6) is 5.75 Å². The molecule has 2 heterocycles. The zero-order valence-corrected chi connectivity index (χ0v) is 20.5. The van der Waals surface area contributed by atoms with E-state index in [1.54, 1.807) is 11.9 Å². The van der Waals surface area contributed by atoms with E-state index < -0.39 is 0 Å². The number of hydrogen-bond acceptors (Lipinski definition) is 7. The Hall–Kier alpha value is -4.37. The van der Waals surface area contributed by atoms with Crippen LogP contribution in [0.3, 0.4) is 0 Å². The first-order valence-corrected chi connectivity index (χ1v) is 12.3. The summed E-state index contributed by atoms with van der Waals surface area (Å²) in [6.45, 7) is 0.612. The van der Waals surface area contributed by atoms with Gasteiger partial charge in [0.1, 0.15) is 10.6 Å². The maximum atomic E-state index is 12.8. The van der Waals surface area contributed by atoms with Crippen molar-refractivity contribution >= 4 is 22.4 Å². The van der Waals surface area contributed by atoms with Gasteiger partial charge in [-0.3, -0.25) is 4.79 Å². The molecule has 0 unspecified atom stereocenters. The van der Waals surface area contributed by atoms with Crippen LogP contribution in [0.2, 0.25) is 0 Å². The Morgan fingerprint density at radius 3 is 2.50 bits per heavy atom. The summed E-state index contributed by atoms with van der Waals surface area (Å²) < 4.78 is 5.25. The predicted octanol–water partition coefficient (Wildman–Crippen LogP) is 4.90. The van der Waals surface area contributed by atoms with Crippen LogP contribution in [-0.4, -0.2) is 38.2 Å². The van der Waals surface area contributed by atoms with Crippen molar-refractivity contribution in [1.29, 1.82) is 0 Å². The highest BCUT2D eigenvalue weighted by Gasteiger charge is 2.20. The van der Waals surface area contributed by atoms with E-state index in [0.29, 0.717) is 28.9 Å². The van der Waals surface area contributed by atoms with Crippen molar-refractivity contribution in [1.82, 2.24) is 25.2 Å². The molecule has 8 nitrogen and oxygen atoms in total. The molecule has 0 aliphatic carbocycles. The van der Waals surface area contributed by atoms with Crippen molar-refractivity contribution < 1.29 is 9.53 Å². The van der Waals surface area contributed by atoms with E-state index in [1.165, 1.54) is 16.9 Å². The Morgan fingerprint density at radius 2 is 1.72 bits per heavy atom. The van der Waals surface area contributed by atoms with Gasteiger partial charge in [0.05, 0.1) is 25.8 Å². The number of hydrogen-bond donors (Lipinski definition) is 1. The number of aryl methyl sites for hydroxylation is 2. The summed E-state index contributed by atoms with van der Waals surface area (Å²) in [7, 11) is 1.60. The molecule has 9 heteroatoms. The molecule has 0 saturated heterocycles. The monoisotopic (exact) mass is 496 g/mol. The quantitative estimate of drug-likeness (QED) is 0.312. The summed E-state index contributed by atoms with van der Waals surface area (Å²) in [6.07, 6.45) is 1.01. The Bertz CT molecular complexity index is 1450. The number of carbonyl (C=O) groups is 1. The molecule has 5 rings (SSSR count). The Kier molecular flexibility index (Phi) is 7.09. The fraction of sp³-hybridized carbons (Fsp3) is 0.148. The number of aromatic nitrogens is 5. The first kappa shape index (κ1) is 23.4. The van der Waals surface area contributed by atoms with Gasteiger partial charge in [-0.1, -0.05) is 84.1 Å². The smallest absolute Gasteiger partial charge is 0.230 e. The lowest BCUT2D eigenvalue weighted by atomic mass is 10.1. The van der Waals surface area contributed by atoms with Crippen molar-refractivity contribution in [2.24, 2.45) is 0 Å². The predicted molar refractivity (Wildman–Crippen MR) is 140 cm³/mol. The van der Waals surface area contributed by atoms with E-state index in [4.69, 9.17) is 9.72 Å². The molecule has 2 aromatic heterocycles. The number of ether oxygens (including phenoxy) is 1. The van der Waals surface area contributed by atoms with Crippen LogP contribution in [-0.2, 0) is 24.2 Å². The van der Waals surface area contributed by atoms with Gasteiger partial charge in [-0.2, -0.15) is 4.80 Å². The second-order valence-corrected chi connectivity index (χ2v) is 9.08. The first-order valence-electron chi connectivity index (χ1n) is 11.5. The molecule has 1 amide bonds. The number of amides is 1. The third-order valence-electron chi connectivity index (χ3n) is 5.52. The largest absolute Gasteiger partial charge is 0.497 e. The molecule has 0 radical (unpaired) electrons. The Balaban J connectivity index is 1.37. The second kappa shape index (κ2) is 10.9. The molecule has 0 saturated carbocycles. The average molecular weight is 497 g/mol. The van der Waals surface area contributed by atoms with Gasteiger partial charge in [0, 0.05) is 5.56 Å². The summed E-state index contributed by atoms with van der Waals surface area (Å²) >= 11 is 1.34.